The van der Waals surface area contributed by atoms with Crippen LogP contribution in [0.5, 0.6) is 11.6 Å². The van der Waals surface area contributed by atoms with E-state index in [1.54, 1.807) is 32.4 Å². The van der Waals surface area contributed by atoms with Crippen molar-refractivity contribution in [3.63, 3.8) is 0 Å². The van der Waals surface area contributed by atoms with Crippen molar-refractivity contribution < 1.29 is 32.2 Å². The highest BCUT2D eigenvalue weighted by Crippen LogP contribution is 2.34. The molecule has 0 saturated carbocycles. The lowest BCUT2D eigenvalue weighted by molar-refractivity contribution is -0.142. The molecule has 0 atom stereocenters. The predicted octanol–water partition coefficient (Wildman–Crippen LogP) is 3.41. The van der Waals surface area contributed by atoms with Crippen LogP contribution in [0, 0.1) is 6.92 Å². The number of alkyl halides is 3. The molecule has 0 radical (unpaired) electrons. The van der Waals surface area contributed by atoms with Crippen molar-refractivity contribution in [3.8, 4) is 22.9 Å². The van der Waals surface area contributed by atoms with E-state index in [0.29, 0.717) is 52.9 Å². The van der Waals surface area contributed by atoms with Gasteiger partial charge in [0.15, 0.2) is 5.75 Å². The van der Waals surface area contributed by atoms with Crippen molar-refractivity contribution in [3.05, 3.63) is 47.5 Å². The minimum atomic E-state index is -4.41. The van der Waals surface area contributed by atoms with Crippen LogP contribution in [0.15, 0.2) is 30.7 Å². The highest BCUT2D eigenvalue weighted by atomic mass is 19.4. The van der Waals surface area contributed by atoms with Gasteiger partial charge in [-0.15, -0.1) is 0 Å². The summed E-state index contributed by atoms with van der Waals surface area (Å²) in [7, 11) is 3.07. The molecule has 180 valence electrons. The summed E-state index contributed by atoms with van der Waals surface area (Å²) in [6.07, 6.45) is -0.379. The van der Waals surface area contributed by atoms with Gasteiger partial charge in [0.1, 0.15) is 13.2 Å². The molecule has 3 aromatic rings. The smallest absolute Gasteiger partial charge is 0.408 e. The summed E-state index contributed by atoms with van der Waals surface area (Å²) in [6.45, 7) is 1.38. The third kappa shape index (κ3) is 4.81. The number of hydrogen-bond acceptors (Lipinski definition) is 7. The summed E-state index contributed by atoms with van der Waals surface area (Å²) in [4.78, 5) is 23.3. The molecule has 1 aliphatic rings. The van der Waals surface area contributed by atoms with Crippen LogP contribution in [0.2, 0.25) is 0 Å². The molecule has 0 unspecified atom stereocenters. The monoisotopic (exact) mass is 477 g/mol. The maximum atomic E-state index is 13.0. The number of halogens is 3. The van der Waals surface area contributed by atoms with Gasteiger partial charge < -0.3 is 14.2 Å². The van der Waals surface area contributed by atoms with E-state index < -0.39 is 12.7 Å². The van der Waals surface area contributed by atoms with Gasteiger partial charge >= 0.3 is 6.18 Å². The number of carbonyl (C=O) groups excluding carboxylic acids is 1. The van der Waals surface area contributed by atoms with Gasteiger partial charge in [-0.25, -0.2) is 4.98 Å². The molecular weight excluding hydrogens is 455 g/mol. The second-order valence-corrected chi connectivity index (χ2v) is 7.62. The highest BCUT2D eigenvalue weighted by Gasteiger charge is 2.34. The Kier molecular flexibility index (Phi) is 6.42. The number of aryl methyl sites for hydroxylation is 1. The summed E-state index contributed by atoms with van der Waals surface area (Å²) >= 11 is 0. The minimum Gasteiger partial charge on any atom is -0.491 e. The van der Waals surface area contributed by atoms with Gasteiger partial charge in [-0.05, 0) is 24.6 Å². The Morgan fingerprint density at radius 3 is 2.65 bits per heavy atom. The van der Waals surface area contributed by atoms with E-state index in [9.17, 15) is 18.0 Å². The van der Waals surface area contributed by atoms with E-state index >= 15 is 0 Å². The largest absolute Gasteiger partial charge is 0.491 e. The number of rotatable bonds is 8. The number of hydrogen-bond donors (Lipinski definition) is 0. The summed E-state index contributed by atoms with van der Waals surface area (Å²) in [6, 6.07) is 3.49. The number of nitrogens with zero attached hydrogens (tertiary/aromatic N) is 5. The lowest BCUT2D eigenvalue weighted by Gasteiger charge is -2.12. The second-order valence-electron chi connectivity index (χ2n) is 7.62. The summed E-state index contributed by atoms with van der Waals surface area (Å²) in [5.74, 6) is 0.400. The van der Waals surface area contributed by atoms with Gasteiger partial charge in [-0.1, -0.05) is 0 Å². The fourth-order valence-electron chi connectivity index (χ4n) is 3.67. The third-order valence-electron chi connectivity index (χ3n) is 5.19. The van der Waals surface area contributed by atoms with Crippen molar-refractivity contribution in [2.45, 2.75) is 26.2 Å². The maximum absolute atomic E-state index is 13.0. The average molecular weight is 477 g/mol. The molecule has 1 amide bonds. The minimum absolute atomic E-state index is 0.114. The van der Waals surface area contributed by atoms with Crippen LogP contribution in [0.3, 0.4) is 0 Å². The molecule has 12 heteroatoms. The summed E-state index contributed by atoms with van der Waals surface area (Å²) < 4.78 is 54.6. The Morgan fingerprint density at radius 2 is 1.94 bits per heavy atom. The molecule has 0 bridgehead atoms. The zero-order chi connectivity index (χ0) is 24.5. The Balaban J connectivity index is 1.60. The summed E-state index contributed by atoms with van der Waals surface area (Å²) in [5, 5.41) is 3.73. The van der Waals surface area contributed by atoms with Crippen molar-refractivity contribution in [1.29, 1.82) is 0 Å². The molecule has 3 aromatic heterocycles. The number of fused-ring (bicyclic) bond motifs is 1. The fourth-order valence-corrected chi connectivity index (χ4v) is 3.67. The average Bonchev–Trinajstić information content (AvgIpc) is 3.36. The van der Waals surface area contributed by atoms with Crippen LogP contribution in [-0.2, 0) is 17.8 Å². The standard InChI is InChI=1S/C22H22F3N5O4/c1-13-6-16(14-7-18(33-3)20(26-8-14)34-5-4-32-2)28-17-11-30(21(31)19(13)17)15-9-27-29(10-15)12-22(23,24)25/h6-10H,4-5,11-12H2,1-3H3. The molecule has 0 N–H and O–H groups in total. The number of carbonyl (C=O) groups is 1. The van der Waals surface area contributed by atoms with Gasteiger partial charge in [-0.3, -0.25) is 19.4 Å². The lowest BCUT2D eigenvalue weighted by atomic mass is 10.1. The normalized spacial score (nSPS) is 13.4. The van der Waals surface area contributed by atoms with Gasteiger partial charge in [0.05, 0.1) is 49.1 Å². The van der Waals surface area contributed by atoms with E-state index in [1.165, 1.54) is 24.4 Å². The molecule has 0 fully saturated rings. The molecule has 1 aliphatic heterocycles. The fraction of sp³-hybridized carbons (Fsp3) is 0.364. The number of anilines is 1. The molecule has 4 heterocycles. The first-order valence-electron chi connectivity index (χ1n) is 10.3. The second kappa shape index (κ2) is 9.29. The molecule has 34 heavy (non-hydrogen) atoms. The van der Waals surface area contributed by atoms with E-state index in [-0.39, 0.29) is 18.1 Å². The molecule has 4 rings (SSSR count). The van der Waals surface area contributed by atoms with Gasteiger partial charge in [-0.2, -0.15) is 18.3 Å². The van der Waals surface area contributed by atoms with E-state index in [0.717, 1.165) is 4.68 Å². The number of amides is 1. The maximum Gasteiger partial charge on any atom is 0.408 e. The van der Waals surface area contributed by atoms with E-state index in [1.807, 2.05) is 0 Å². The highest BCUT2D eigenvalue weighted by molar-refractivity contribution is 6.10. The van der Waals surface area contributed by atoms with Crippen molar-refractivity contribution in [2.24, 2.45) is 0 Å². The summed E-state index contributed by atoms with van der Waals surface area (Å²) in [5.41, 5.74) is 3.14. The Labute approximate surface area is 193 Å². The van der Waals surface area contributed by atoms with Crippen LogP contribution in [0.1, 0.15) is 21.6 Å². The van der Waals surface area contributed by atoms with Crippen LogP contribution in [0.25, 0.3) is 11.3 Å². The number of aromatic nitrogens is 4. The van der Waals surface area contributed by atoms with Crippen molar-refractivity contribution in [2.75, 3.05) is 32.3 Å². The third-order valence-corrected chi connectivity index (χ3v) is 5.19. The zero-order valence-corrected chi connectivity index (χ0v) is 18.7. The van der Waals surface area contributed by atoms with Crippen LogP contribution >= 0.6 is 0 Å². The number of ether oxygens (including phenoxy) is 3. The van der Waals surface area contributed by atoms with E-state index in [4.69, 9.17) is 14.2 Å². The SMILES string of the molecule is COCCOc1ncc(-c2cc(C)c3c(n2)CN(c2cnn(CC(F)(F)F)c2)C3=O)cc1OC. The Hall–Kier alpha value is -3.67. The molecule has 0 spiro atoms. The van der Waals surface area contributed by atoms with Crippen molar-refractivity contribution in [1.82, 2.24) is 19.7 Å². The number of methoxy groups -OCH3 is 2. The molecule has 0 aromatic carbocycles. The first-order valence-corrected chi connectivity index (χ1v) is 10.3. The van der Waals surface area contributed by atoms with Crippen LogP contribution in [0.4, 0.5) is 18.9 Å². The van der Waals surface area contributed by atoms with Gasteiger partial charge in [0, 0.05) is 25.1 Å². The first kappa shape index (κ1) is 23.5. The molecule has 0 saturated heterocycles. The quantitative estimate of drug-likeness (QED) is 0.459. The van der Waals surface area contributed by atoms with Gasteiger partial charge in [0.2, 0.25) is 0 Å². The van der Waals surface area contributed by atoms with Crippen LogP contribution in [-0.4, -0.2) is 59.3 Å². The first-order chi connectivity index (χ1) is 16.2. The van der Waals surface area contributed by atoms with E-state index in [2.05, 4.69) is 15.1 Å². The zero-order valence-electron chi connectivity index (χ0n) is 18.7. The molecule has 0 aliphatic carbocycles. The predicted molar refractivity (Wildman–Crippen MR) is 115 cm³/mol. The molecular formula is C22H22F3N5O4. The van der Waals surface area contributed by atoms with Crippen LogP contribution < -0.4 is 14.4 Å². The molecule has 9 nitrogen and oxygen atoms in total. The van der Waals surface area contributed by atoms with Gasteiger partial charge in [0.25, 0.3) is 11.8 Å². The Morgan fingerprint density at radius 1 is 1.15 bits per heavy atom. The topological polar surface area (TPSA) is 91.6 Å². The number of pyridine rings is 2. The van der Waals surface area contributed by atoms with Crippen molar-refractivity contribution >= 4 is 11.6 Å². The Bertz CT molecular complexity index is 1210. The lowest BCUT2D eigenvalue weighted by Crippen LogP contribution is -2.23.